The first-order valence-electron chi connectivity index (χ1n) is 6.51. The van der Waals surface area contributed by atoms with Crippen molar-refractivity contribution in [3.63, 3.8) is 0 Å². The smallest absolute Gasteiger partial charge is 0.434 e. The molecule has 4 nitrogen and oxygen atoms in total. The first kappa shape index (κ1) is 20.0. The SMILES string of the molecule is CCOC(=O)NC(NCc1ccc(F)cc1)(C(F)(F)F)C(F)(F)F. The van der Waals surface area contributed by atoms with Crippen molar-refractivity contribution in [3.8, 4) is 0 Å². The predicted molar refractivity (Wildman–Crippen MR) is 68.2 cm³/mol. The number of alkyl halides is 6. The number of carbonyl (C=O) groups excluding carboxylic acids is 1. The molecule has 0 heterocycles. The van der Waals surface area contributed by atoms with Crippen LogP contribution in [0.4, 0.5) is 35.5 Å². The molecule has 0 bridgehead atoms. The van der Waals surface area contributed by atoms with Crippen molar-refractivity contribution in [1.82, 2.24) is 10.6 Å². The number of amides is 1. The molecule has 0 aromatic heterocycles. The summed E-state index contributed by atoms with van der Waals surface area (Å²) in [5, 5.41) is 2.05. The summed E-state index contributed by atoms with van der Waals surface area (Å²) in [5.74, 6) is -0.707. The van der Waals surface area contributed by atoms with Crippen LogP contribution < -0.4 is 10.6 Å². The summed E-state index contributed by atoms with van der Waals surface area (Å²) in [5.41, 5.74) is -4.78. The number of hydrogen-bond donors (Lipinski definition) is 2. The Bertz CT molecular complexity index is 541. The third kappa shape index (κ3) is 4.49. The lowest BCUT2D eigenvalue weighted by atomic mass is 10.1. The van der Waals surface area contributed by atoms with Crippen LogP contribution in [0.25, 0.3) is 0 Å². The van der Waals surface area contributed by atoms with Crippen LogP contribution in [0.15, 0.2) is 24.3 Å². The molecule has 0 radical (unpaired) electrons. The van der Waals surface area contributed by atoms with Crippen LogP contribution >= 0.6 is 0 Å². The van der Waals surface area contributed by atoms with E-state index in [0.717, 1.165) is 29.6 Å². The minimum Gasteiger partial charge on any atom is -0.450 e. The van der Waals surface area contributed by atoms with Gasteiger partial charge in [0.1, 0.15) is 5.82 Å². The molecule has 136 valence electrons. The van der Waals surface area contributed by atoms with E-state index < -0.39 is 43.1 Å². The van der Waals surface area contributed by atoms with Crippen LogP contribution in [-0.2, 0) is 11.3 Å². The summed E-state index contributed by atoms with van der Waals surface area (Å²) in [6.45, 7) is -0.143. The molecule has 24 heavy (non-hydrogen) atoms. The minimum atomic E-state index is -5.92. The largest absolute Gasteiger partial charge is 0.450 e. The summed E-state index contributed by atoms with van der Waals surface area (Å²) in [7, 11) is 0. The predicted octanol–water partition coefficient (Wildman–Crippen LogP) is 3.48. The van der Waals surface area contributed by atoms with E-state index in [9.17, 15) is 35.5 Å². The first-order valence-corrected chi connectivity index (χ1v) is 6.51. The first-order chi connectivity index (χ1) is 10.9. The minimum absolute atomic E-state index is 0.0556. The number of carbonyl (C=O) groups is 1. The molecule has 0 fully saturated rings. The molecule has 0 aliphatic rings. The standard InChI is InChI=1S/C13H13F7N2O2/c1-2-24-10(23)22-11(12(15,16)17,13(18,19)20)21-7-8-3-5-9(14)6-4-8/h3-6,21H,2,7H2,1H3,(H,22,23). The average molecular weight is 362 g/mol. The molecule has 0 unspecified atom stereocenters. The second-order valence-corrected chi connectivity index (χ2v) is 4.57. The van der Waals surface area contributed by atoms with Gasteiger partial charge < -0.3 is 4.74 Å². The fraction of sp³-hybridized carbons (Fsp3) is 0.462. The zero-order chi connectivity index (χ0) is 18.6. The van der Waals surface area contributed by atoms with Gasteiger partial charge in [-0.3, -0.25) is 10.6 Å². The average Bonchev–Trinajstić information content (AvgIpc) is 2.42. The highest BCUT2D eigenvalue weighted by molar-refractivity contribution is 5.68. The number of nitrogens with one attached hydrogen (secondary N) is 2. The van der Waals surface area contributed by atoms with Crippen LogP contribution in [-0.4, -0.2) is 30.7 Å². The number of hydrogen-bond acceptors (Lipinski definition) is 3. The lowest BCUT2D eigenvalue weighted by Crippen LogP contribution is -2.75. The van der Waals surface area contributed by atoms with Gasteiger partial charge in [-0.1, -0.05) is 12.1 Å². The highest BCUT2D eigenvalue weighted by Crippen LogP contribution is 2.41. The summed E-state index contributed by atoms with van der Waals surface area (Å²) in [6, 6.07) is 3.76. The molecule has 0 aliphatic heterocycles. The van der Waals surface area contributed by atoms with Gasteiger partial charge in [-0.15, -0.1) is 0 Å². The van der Waals surface area contributed by atoms with Gasteiger partial charge >= 0.3 is 18.4 Å². The normalized spacial score (nSPS) is 12.8. The van der Waals surface area contributed by atoms with Gasteiger partial charge in [0.2, 0.25) is 0 Å². The molecule has 1 aromatic rings. The van der Waals surface area contributed by atoms with E-state index in [0.29, 0.717) is 0 Å². The van der Waals surface area contributed by atoms with Crippen molar-refractivity contribution >= 4 is 6.09 Å². The van der Waals surface area contributed by atoms with E-state index in [1.807, 2.05) is 0 Å². The van der Waals surface area contributed by atoms with Gasteiger partial charge in [0.15, 0.2) is 0 Å². The summed E-state index contributed by atoms with van der Waals surface area (Å²) >= 11 is 0. The van der Waals surface area contributed by atoms with E-state index >= 15 is 0 Å². The number of ether oxygens (including phenoxy) is 1. The van der Waals surface area contributed by atoms with E-state index in [4.69, 9.17) is 0 Å². The second kappa shape index (κ2) is 7.24. The van der Waals surface area contributed by atoms with Crippen molar-refractivity contribution in [2.75, 3.05) is 6.61 Å². The molecule has 1 rings (SSSR count). The zero-order valence-corrected chi connectivity index (χ0v) is 12.2. The Balaban J connectivity index is 3.14. The number of rotatable bonds is 5. The molecule has 2 N–H and O–H groups in total. The lowest BCUT2D eigenvalue weighted by molar-refractivity contribution is -0.315. The van der Waals surface area contributed by atoms with Gasteiger partial charge in [0.05, 0.1) is 6.61 Å². The third-order valence-electron chi connectivity index (χ3n) is 2.89. The van der Waals surface area contributed by atoms with E-state index in [1.165, 1.54) is 12.2 Å². The quantitative estimate of drug-likeness (QED) is 0.623. The highest BCUT2D eigenvalue weighted by Gasteiger charge is 2.72. The Labute approximate surface area is 132 Å². The lowest BCUT2D eigenvalue weighted by Gasteiger charge is -2.38. The van der Waals surface area contributed by atoms with Crippen LogP contribution in [0.3, 0.4) is 0 Å². The van der Waals surface area contributed by atoms with Crippen molar-refractivity contribution in [1.29, 1.82) is 0 Å². The zero-order valence-electron chi connectivity index (χ0n) is 12.2. The molecule has 0 spiro atoms. The summed E-state index contributed by atoms with van der Waals surface area (Å²) < 4.78 is 95.6. The summed E-state index contributed by atoms with van der Waals surface area (Å²) in [4.78, 5) is 11.2. The Kier molecular flexibility index (Phi) is 6.04. The third-order valence-corrected chi connectivity index (χ3v) is 2.89. The fourth-order valence-corrected chi connectivity index (χ4v) is 1.70. The van der Waals surface area contributed by atoms with Gasteiger partial charge in [0.25, 0.3) is 5.66 Å². The van der Waals surface area contributed by atoms with Crippen molar-refractivity contribution in [3.05, 3.63) is 35.6 Å². The molecule has 1 amide bonds. The van der Waals surface area contributed by atoms with Gasteiger partial charge in [-0.25, -0.2) is 9.18 Å². The van der Waals surface area contributed by atoms with Gasteiger partial charge in [-0.2, -0.15) is 26.3 Å². The topological polar surface area (TPSA) is 50.4 Å². The Morgan fingerprint density at radius 2 is 1.54 bits per heavy atom. The molecular formula is C13H13F7N2O2. The van der Waals surface area contributed by atoms with Crippen molar-refractivity contribution in [2.45, 2.75) is 31.5 Å². The van der Waals surface area contributed by atoms with Gasteiger partial charge in [0, 0.05) is 6.54 Å². The fourth-order valence-electron chi connectivity index (χ4n) is 1.70. The molecule has 1 aromatic carbocycles. The second-order valence-electron chi connectivity index (χ2n) is 4.57. The van der Waals surface area contributed by atoms with Crippen molar-refractivity contribution < 1.29 is 40.3 Å². The van der Waals surface area contributed by atoms with Crippen LogP contribution in [0.5, 0.6) is 0 Å². The number of alkyl carbamates (subject to hydrolysis) is 1. The number of benzene rings is 1. The monoisotopic (exact) mass is 362 g/mol. The number of halogens is 7. The molecule has 11 heteroatoms. The maximum atomic E-state index is 13.1. The maximum Gasteiger partial charge on any atom is 0.434 e. The molecule has 0 saturated carbocycles. The molecule has 0 aliphatic carbocycles. The van der Waals surface area contributed by atoms with E-state index in [2.05, 4.69) is 4.74 Å². The molecule has 0 atom stereocenters. The van der Waals surface area contributed by atoms with Crippen LogP contribution in [0.1, 0.15) is 12.5 Å². The highest BCUT2D eigenvalue weighted by atomic mass is 19.4. The van der Waals surface area contributed by atoms with Crippen LogP contribution in [0, 0.1) is 5.82 Å². The van der Waals surface area contributed by atoms with Crippen molar-refractivity contribution in [2.24, 2.45) is 0 Å². The Morgan fingerprint density at radius 1 is 1.04 bits per heavy atom. The Hall–Kier alpha value is -2.04. The van der Waals surface area contributed by atoms with E-state index in [1.54, 1.807) is 0 Å². The van der Waals surface area contributed by atoms with Crippen LogP contribution in [0.2, 0.25) is 0 Å². The molecule has 0 saturated heterocycles. The maximum absolute atomic E-state index is 13.1. The molecular weight excluding hydrogens is 349 g/mol. The summed E-state index contributed by atoms with van der Waals surface area (Å²) in [6.07, 6.45) is -13.7. The van der Waals surface area contributed by atoms with E-state index in [-0.39, 0.29) is 5.56 Å². The van der Waals surface area contributed by atoms with Gasteiger partial charge in [-0.05, 0) is 24.6 Å². The Morgan fingerprint density at radius 3 is 1.96 bits per heavy atom.